The number of anilines is 2. The van der Waals surface area contributed by atoms with Crippen LogP contribution in [0.15, 0.2) is 24.3 Å². The number of rotatable bonds is 8. The van der Waals surface area contributed by atoms with Crippen LogP contribution < -0.4 is 10.6 Å². The van der Waals surface area contributed by atoms with Crippen molar-refractivity contribution >= 4 is 17.3 Å². The predicted octanol–water partition coefficient (Wildman–Crippen LogP) is 3.26. The van der Waals surface area contributed by atoms with E-state index in [0.717, 1.165) is 11.4 Å². The van der Waals surface area contributed by atoms with E-state index in [1.54, 1.807) is 0 Å². The molecule has 0 heterocycles. The molecule has 0 radical (unpaired) electrons. The first-order valence-electron chi connectivity index (χ1n) is 6.81. The van der Waals surface area contributed by atoms with Crippen LogP contribution in [0.25, 0.3) is 0 Å². The molecule has 4 heteroatoms. The first kappa shape index (κ1) is 15.5. The van der Waals surface area contributed by atoms with Crippen LogP contribution in [0, 0.1) is 0 Å². The molecule has 1 amide bonds. The highest BCUT2D eigenvalue weighted by atomic mass is 16.5. The molecule has 1 aromatic carbocycles. The second-order valence-electron chi connectivity index (χ2n) is 4.75. The van der Waals surface area contributed by atoms with Crippen molar-refractivity contribution in [1.82, 2.24) is 0 Å². The number of carbonyl (C=O) groups excluding carboxylic acids is 1. The summed E-state index contributed by atoms with van der Waals surface area (Å²) < 4.78 is 4.77. The van der Waals surface area contributed by atoms with Gasteiger partial charge >= 0.3 is 0 Å². The summed E-state index contributed by atoms with van der Waals surface area (Å²) in [6.07, 6.45) is 3.62. The lowest BCUT2D eigenvalue weighted by Gasteiger charge is -2.15. The lowest BCUT2D eigenvalue weighted by atomic mass is 10.1. The van der Waals surface area contributed by atoms with Crippen molar-refractivity contribution in [2.24, 2.45) is 0 Å². The normalized spacial score (nSPS) is 11.9. The van der Waals surface area contributed by atoms with Gasteiger partial charge in [0.2, 0.25) is 5.91 Å². The lowest BCUT2D eigenvalue weighted by Crippen LogP contribution is -2.17. The number of benzene rings is 1. The fraction of sp³-hybridized carbons (Fsp3) is 0.533. The molecule has 106 valence electrons. The molecule has 1 aromatic rings. The Kier molecular flexibility index (Phi) is 6.97. The quantitative estimate of drug-likeness (QED) is 0.757. The third-order valence-corrected chi connectivity index (χ3v) is 2.85. The molecular formula is C15H24N2O2. The molecular weight excluding hydrogens is 240 g/mol. The third-order valence-electron chi connectivity index (χ3n) is 2.85. The van der Waals surface area contributed by atoms with Gasteiger partial charge in [-0.3, -0.25) is 4.79 Å². The third kappa shape index (κ3) is 6.25. The molecule has 19 heavy (non-hydrogen) atoms. The number of hydrogen-bond acceptors (Lipinski definition) is 3. The summed E-state index contributed by atoms with van der Waals surface area (Å²) in [7, 11) is 1.50. The largest absolute Gasteiger partial charge is 0.383 e. The van der Waals surface area contributed by atoms with Gasteiger partial charge in [-0.25, -0.2) is 0 Å². The molecule has 0 fully saturated rings. The predicted molar refractivity (Wildman–Crippen MR) is 79.6 cm³/mol. The van der Waals surface area contributed by atoms with E-state index in [1.165, 1.54) is 26.4 Å². The van der Waals surface area contributed by atoms with Crippen LogP contribution in [0.4, 0.5) is 11.4 Å². The number of methoxy groups -OCH3 is 1. The Labute approximate surface area is 115 Å². The maximum atomic E-state index is 11.3. The first-order chi connectivity index (χ1) is 9.15. The summed E-state index contributed by atoms with van der Waals surface area (Å²) in [6.45, 7) is 4.46. The zero-order chi connectivity index (χ0) is 14.1. The fourth-order valence-corrected chi connectivity index (χ4v) is 1.84. The van der Waals surface area contributed by atoms with Crippen molar-refractivity contribution in [1.29, 1.82) is 0 Å². The number of ether oxygens (including phenoxy) is 1. The Morgan fingerprint density at radius 3 is 2.47 bits per heavy atom. The SMILES string of the molecule is CCCCC(C)Nc1ccc(NC(=O)COC)cc1. The molecule has 0 spiro atoms. The topological polar surface area (TPSA) is 50.4 Å². The summed E-state index contributed by atoms with van der Waals surface area (Å²) in [5.41, 5.74) is 1.86. The molecule has 0 saturated heterocycles. The Hall–Kier alpha value is -1.55. The minimum atomic E-state index is -0.139. The molecule has 1 atom stereocenters. The molecule has 0 aliphatic rings. The smallest absolute Gasteiger partial charge is 0.250 e. The standard InChI is InChI=1S/C15H24N2O2/c1-4-5-6-12(2)16-13-7-9-14(10-8-13)17-15(18)11-19-3/h7-10,12,16H,4-6,11H2,1-3H3,(H,17,18). The number of amides is 1. The first-order valence-corrected chi connectivity index (χ1v) is 6.81. The highest BCUT2D eigenvalue weighted by Crippen LogP contribution is 2.15. The van der Waals surface area contributed by atoms with Gasteiger partial charge in [0.1, 0.15) is 6.61 Å². The van der Waals surface area contributed by atoms with Crippen LogP contribution >= 0.6 is 0 Å². The van der Waals surface area contributed by atoms with Crippen molar-refractivity contribution in [2.45, 2.75) is 39.2 Å². The minimum Gasteiger partial charge on any atom is -0.383 e. The molecule has 0 saturated carbocycles. The molecule has 0 aliphatic heterocycles. The van der Waals surface area contributed by atoms with Gasteiger partial charge in [-0.1, -0.05) is 19.8 Å². The molecule has 4 nitrogen and oxygen atoms in total. The van der Waals surface area contributed by atoms with Gasteiger partial charge in [0.15, 0.2) is 0 Å². The van der Waals surface area contributed by atoms with Gasteiger partial charge in [-0.15, -0.1) is 0 Å². The Bertz CT molecular complexity index is 376. The zero-order valence-corrected chi connectivity index (χ0v) is 12.0. The second kappa shape index (κ2) is 8.53. The van der Waals surface area contributed by atoms with Gasteiger partial charge in [0.05, 0.1) is 0 Å². The fourth-order valence-electron chi connectivity index (χ4n) is 1.84. The zero-order valence-electron chi connectivity index (χ0n) is 12.0. The van der Waals surface area contributed by atoms with Crippen molar-refractivity contribution in [2.75, 3.05) is 24.4 Å². The number of nitrogens with one attached hydrogen (secondary N) is 2. The Balaban J connectivity index is 2.45. The molecule has 1 unspecified atom stereocenters. The minimum absolute atomic E-state index is 0.0774. The highest BCUT2D eigenvalue weighted by molar-refractivity contribution is 5.91. The van der Waals surface area contributed by atoms with E-state index >= 15 is 0 Å². The lowest BCUT2D eigenvalue weighted by molar-refractivity contribution is -0.119. The van der Waals surface area contributed by atoms with E-state index in [-0.39, 0.29) is 12.5 Å². The Morgan fingerprint density at radius 1 is 1.26 bits per heavy atom. The van der Waals surface area contributed by atoms with Crippen molar-refractivity contribution in [3.63, 3.8) is 0 Å². The summed E-state index contributed by atoms with van der Waals surface area (Å²) >= 11 is 0. The van der Waals surface area contributed by atoms with E-state index in [9.17, 15) is 4.79 Å². The van der Waals surface area contributed by atoms with Crippen molar-refractivity contribution in [3.8, 4) is 0 Å². The monoisotopic (exact) mass is 264 g/mol. The van der Waals surface area contributed by atoms with E-state index in [0.29, 0.717) is 6.04 Å². The van der Waals surface area contributed by atoms with E-state index in [2.05, 4.69) is 24.5 Å². The number of carbonyl (C=O) groups is 1. The maximum absolute atomic E-state index is 11.3. The van der Waals surface area contributed by atoms with Gasteiger partial charge in [0, 0.05) is 24.5 Å². The van der Waals surface area contributed by atoms with Gasteiger partial charge in [-0.05, 0) is 37.6 Å². The van der Waals surface area contributed by atoms with E-state index in [4.69, 9.17) is 4.74 Å². The van der Waals surface area contributed by atoms with Gasteiger partial charge in [-0.2, -0.15) is 0 Å². The maximum Gasteiger partial charge on any atom is 0.250 e. The van der Waals surface area contributed by atoms with Gasteiger partial charge < -0.3 is 15.4 Å². The van der Waals surface area contributed by atoms with Crippen LogP contribution in [0.3, 0.4) is 0 Å². The highest BCUT2D eigenvalue weighted by Gasteiger charge is 2.03. The summed E-state index contributed by atoms with van der Waals surface area (Å²) in [6, 6.07) is 8.20. The van der Waals surface area contributed by atoms with E-state index in [1.807, 2.05) is 24.3 Å². The van der Waals surface area contributed by atoms with Crippen molar-refractivity contribution < 1.29 is 9.53 Å². The molecule has 1 rings (SSSR count). The van der Waals surface area contributed by atoms with Gasteiger partial charge in [0.25, 0.3) is 0 Å². The molecule has 0 aromatic heterocycles. The average Bonchev–Trinajstić information content (AvgIpc) is 2.39. The molecule has 0 aliphatic carbocycles. The number of hydrogen-bond donors (Lipinski definition) is 2. The Morgan fingerprint density at radius 2 is 1.89 bits per heavy atom. The molecule has 0 bridgehead atoms. The summed E-state index contributed by atoms with van der Waals surface area (Å²) in [5.74, 6) is -0.139. The summed E-state index contributed by atoms with van der Waals surface area (Å²) in [4.78, 5) is 11.3. The van der Waals surface area contributed by atoms with Crippen LogP contribution in [0.2, 0.25) is 0 Å². The summed E-state index contributed by atoms with van der Waals surface area (Å²) in [5, 5.41) is 6.21. The average molecular weight is 264 g/mol. The van der Waals surface area contributed by atoms with Crippen LogP contribution in [-0.2, 0) is 9.53 Å². The van der Waals surface area contributed by atoms with Crippen molar-refractivity contribution in [3.05, 3.63) is 24.3 Å². The van der Waals surface area contributed by atoms with Crippen LogP contribution in [0.1, 0.15) is 33.1 Å². The second-order valence-corrected chi connectivity index (χ2v) is 4.75. The van der Waals surface area contributed by atoms with E-state index < -0.39 is 0 Å². The van der Waals surface area contributed by atoms with Crippen LogP contribution in [-0.4, -0.2) is 25.7 Å². The van der Waals surface area contributed by atoms with Crippen LogP contribution in [0.5, 0.6) is 0 Å². The molecule has 2 N–H and O–H groups in total. The number of unbranched alkanes of at least 4 members (excludes halogenated alkanes) is 1.